The first-order chi connectivity index (χ1) is 11.3. The maximum absolute atomic E-state index is 5.33. The van der Waals surface area contributed by atoms with Crippen LogP contribution in [0.4, 0.5) is 0 Å². The minimum Gasteiger partial charge on any atom is -0.385 e. The van der Waals surface area contributed by atoms with Crippen molar-refractivity contribution >= 4 is 29.9 Å². The van der Waals surface area contributed by atoms with E-state index < -0.39 is 0 Å². The average molecular weight is 468 g/mol. The quantitative estimate of drug-likeness (QED) is 0.293. The number of halogens is 1. The normalized spacial score (nSPS) is 17.5. The van der Waals surface area contributed by atoms with Crippen LogP contribution in [0.15, 0.2) is 4.99 Å². The summed E-state index contributed by atoms with van der Waals surface area (Å²) < 4.78 is 5.33. The van der Waals surface area contributed by atoms with Crippen molar-refractivity contribution in [1.29, 1.82) is 0 Å². The fourth-order valence-corrected chi connectivity index (χ4v) is 3.77. The number of hydrogen-bond acceptors (Lipinski definition) is 3. The monoisotopic (exact) mass is 468 g/mol. The third-order valence-electron chi connectivity index (χ3n) is 4.89. The predicted octanol–water partition coefficient (Wildman–Crippen LogP) is 3.34. The fourth-order valence-electron chi connectivity index (χ4n) is 3.77. The lowest BCUT2D eigenvalue weighted by Crippen LogP contribution is -2.44. The van der Waals surface area contributed by atoms with Gasteiger partial charge >= 0.3 is 0 Å². The molecule has 0 unspecified atom stereocenters. The van der Waals surface area contributed by atoms with E-state index in [-0.39, 0.29) is 29.4 Å². The molecule has 0 aliphatic heterocycles. The SMILES string of the molecule is CCNC(=NCC(C)(C)CN(C)C)NCC1(CCOC)CCCC1.I. The Labute approximate surface area is 172 Å². The third-order valence-corrected chi connectivity index (χ3v) is 4.89. The second-order valence-electron chi connectivity index (χ2n) is 8.40. The first-order valence-electron chi connectivity index (χ1n) is 9.48. The van der Waals surface area contributed by atoms with Gasteiger partial charge in [-0.25, -0.2) is 0 Å². The molecule has 1 saturated carbocycles. The number of guanidine groups is 1. The highest BCUT2D eigenvalue weighted by atomic mass is 127. The van der Waals surface area contributed by atoms with Crippen LogP contribution in [0.1, 0.15) is 52.9 Å². The molecule has 0 saturated heterocycles. The molecule has 2 N–H and O–H groups in total. The van der Waals surface area contributed by atoms with E-state index in [4.69, 9.17) is 9.73 Å². The zero-order valence-corrected chi connectivity index (χ0v) is 19.6. The molecular weight excluding hydrogens is 427 g/mol. The zero-order valence-electron chi connectivity index (χ0n) is 17.3. The van der Waals surface area contributed by atoms with Crippen molar-refractivity contribution in [3.8, 4) is 0 Å². The van der Waals surface area contributed by atoms with Crippen molar-refractivity contribution in [2.75, 3.05) is 54.0 Å². The van der Waals surface area contributed by atoms with Gasteiger partial charge in [0.05, 0.1) is 0 Å². The summed E-state index contributed by atoms with van der Waals surface area (Å²) in [7, 11) is 6.04. The molecule has 0 aromatic heterocycles. The lowest BCUT2D eigenvalue weighted by molar-refractivity contribution is 0.138. The summed E-state index contributed by atoms with van der Waals surface area (Å²) in [6, 6.07) is 0. The lowest BCUT2D eigenvalue weighted by Gasteiger charge is -2.30. The summed E-state index contributed by atoms with van der Waals surface area (Å²) in [4.78, 5) is 7.08. The van der Waals surface area contributed by atoms with Gasteiger partial charge in [-0.15, -0.1) is 24.0 Å². The Morgan fingerprint density at radius 2 is 1.84 bits per heavy atom. The highest BCUT2D eigenvalue weighted by molar-refractivity contribution is 14.0. The van der Waals surface area contributed by atoms with Crippen LogP contribution in [-0.4, -0.2) is 64.9 Å². The van der Waals surface area contributed by atoms with Gasteiger partial charge < -0.3 is 20.3 Å². The number of nitrogens with one attached hydrogen (secondary N) is 2. The highest BCUT2D eigenvalue weighted by Gasteiger charge is 2.33. The Morgan fingerprint density at radius 1 is 1.20 bits per heavy atom. The van der Waals surface area contributed by atoms with Crippen molar-refractivity contribution in [2.45, 2.75) is 52.9 Å². The molecular formula is C19H41IN4O. The number of ether oxygens (including phenoxy) is 1. The molecule has 25 heavy (non-hydrogen) atoms. The van der Waals surface area contributed by atoms with E-state index in [1.807, 2.05) is 0 Å². The van der Waals surface area contributed by atoms with Crippen LogP contribution in [-0.2, 0) is 4.74 Å². The van der Waals surface area contributed by atoms with Crippen LogP contribution in [0.3, 0.4) is 0 Å². The van der Waals surface area contributed by atoms with Crippen LogP contribution >= 0.6 is 24.0 Å². The molecule has 0 aromatic carbocycles. The molecule has 1 aliphatic rings. The van der Waals surface area contributed by atoms with E-state index in [0.29, 0.717) is 5.41 Å². The third kappa shape index (κ3) is 9.99. The molecule has 0 atom stereocenters. The van der Waals surface area contributed by atoms with E-state index in [0.717, 1.165) is 45.2 Å². The van der Waals surface area contributed by atoms with E-state index >= 15 is 0 Å². The van der Waals surface area contributed by atoms with E-state index in [9.17, 15) is 0 Å². The largest absolute Gasteiger partial charge is 0.385 e. The lowest BCUT2D eigenvalue weighted by atomic mass is 9.83. The average Bonchev–Trinajstić information content (AvgIpc) is 2.96. The van der Waals surface area contributed by atoms with Gasteiger partial charge in [0.2, 0.25) is 0 Å². The van der Waals surface area contributed by atoms with Gasteiger partial charge in [-0.3, -0.25) is 4.99 Å². The van der Waals surface area contributed by atoms with Gasteiger partial charge in [0.15, 0.2) is 5.96 Å². The van der Waals surface area contributed by atoms with Crippen molar-refractivity contribution in [3.63, 3.8) is 0 Å². The first kappa shape index (κ1) is 24.9. The van der Waals surface area contributed by atoms with Gasteiger partial charge in [-0.1, -0.05) is 26.7 Å². The Bertz CT molecular complexity index is 380. The molecule has 1 fully saturated rings. The van der Waals surface area contributed by atoms with Crippen molar-refractivity contribution in [1.82, 2.24) is 15.5 Å². The minimum atomic E-state index is 0. The molecule has 0 bridgehead atoms. The van der Waals surface area contributed by atoms with Crippen LogP contribution in [0, 0.1) is 10.8 Å². The van der Waals surface area contributed by atoms with Gasteiger partial charge in [-0.2, -0.15) is 0 Å². The number of nitrogens with zero attached hydrogens (tertiary/aromatic N) is 2. The topological polar surface area (TPSA) is 48.9 Å². The molecule has 0 aromatic rings. The zero-order chi connectivity index (χ0) is 18.1. The first-order valence-corrected chi connectivity index (χ1v) is 9.48. The molecule has 0 radical (unpaired) electrons. The van der Waals surface area contributed by atoms with Crippen LogP contribution in [0.2, 0.25) is 0 Å². The van der Waals surface area contributed by atoms with Gasteiger partial charge in [0, 0.05) is 39.9 Å². The summed E-state index contributed by atoms with van der Waals surface area (Å²) in [5.74, 6) is 0.952. The van der Waals surface area contributed by atoms with E-state index in [1.165, 1.54) is 25.7 Å². The summed E-state index contributed by atoms with van der Waals surface area (Å²) in [6.45, 7) is 11.3. The van der Waals surface area contributed by atoms with E-state index in [1.54, 1.807) is 7.11 Å². The molecule has 1 rings (SSSR count). The van der Waals surface area contributed by atoms with E-state index in [2.05, 4.69) is 50.4 Å². The Morgan fingerprint density at radius 3 is 2.36 bits per heavy atom. The smallest absolute Gasteiger partial charge is 0.191 e. The van der Waals surface area contributed by atoms with Gasteiger partial charge in [-0.05, 0) is 51.1 Å². The molecule has 150 valence electrons. The number of aliphatic imine (C=N–C) groups is 1. The predicted molar refractivity (Wildman–Crippen MR) is 119 cm³/mol. The Balaban J connectivity index is 0.00000576. The van der Waals surface area contributed by atoms with Crippen LogP contribution in [0.5, 0.6) is 0 Å². The summed E-state index contributed by atoms with van der Waals surface area (Å²) in [5, 5.41) is 7.01. The molecule has 6 heteroatoms. The summed E-state index contributed by atoms with van der Waals surface area (Å²) in [6.07, 6.45) is 6.43. The fraction of sp³-hybridized carbons (Fsp3) is 0.947. The number of rotatable bonds is 10. The maximum atomic E-state index is 5.33. The highest BCUT2D eigenvalue weighted by Crippen LogP contribution is 2.40. The van der Waals surface area contributed by atoms with Crippen LogP contribution < -0.4 is 10.6 Å². The van der Waals surface area contributed by atoms with Gasteiger partial charge in [0.1, 0.15) is 0 Å². The van der Waals surface area contributed by atoms with Crippen LogP contribution in [0.25, 0.3) is 0 Å². The molecule has 0 heterocycles. The molecule has 1 aliphatic carbocycles. The standard InChI is InChI=1S/C19H40N4O.HI/c1-7-20-17(21-14-18(2,3)16-23(4)5)22-15-19(12-13-24-6)10-8-9-11-19;/h7-16H2,1-6H3,(H2,20,21,22);1H. The molecule has 5 nitrogen and oxygen atoms in total. The molecule has 0 spiro atoms. The summed E-state index contributed by atoms with van der Waals surface area (Å²) in [5.41, 5.74) is 0.554. The summed E-state index contributed by atoms with van der Waals surface area (Å²) >= 11 is 0. The molecule has 0 amide bonds. The number of methoxy groups -OCH3 is 1. The van der Waals surface area contributed by atoms with Crippen molar-refractivity contribution < 1.29 is 4.74 Å². The minimum absolute atomic E-state index is 0. The van der Waals surface area contributed by atoms with Crippen molar-refractivity contribution in [3.05, 3.63) is 0 Å². The Hall–Kier alpha value is -0.0800. The van der Waals surface area contributed by atoms with Gasteiger partial charge in [0.25, 0.3) is 0 Å². The maximum Gasteiger partial charge on any atom is 0.191 e. The second kappa shape index (κ2) is 12.3. The Kier molecular flexibility index (Phi) is 12.3. The number of hydrogen-bond donors (Lipinski definition) is 2. The second-order valence-corrected chi connectivity index (χ2v) is 8.40. The van der Waals surface area contributed by atoms with Crippen molar-refractivity contribution in [2.24, 2.45) is 15.8 Å².